The average Bonchev–Trinajstić information content (AvgIpc) is 2.43. The minimum atomic E-state index is -0.824. The van der Waals surface area contributed by atoms with Crippen molar-refractivity contribution in [2.45, 2.75) is 32.6 Å². The number of hydrogen-bond acceptors (Lipinski definition) is 4. The van der Waals surface area contributed by atoms with E-state index in [1.165, 1.54) is 6.07 Å². The lowest BCUT2D eigenvalue weighted by Gasteiger charge is -2.14. The lowest BCUT2D eigenvalue weighted by atomic mass is 9.96. The van der Waals surface area contributed by atoms with E-state index in [1.54, 1.807) is 0 Å². The zero-order valence-electron chi connectivity index (χ0n) is 11.8. The number of hydrogen-bond donors (Lipinski definition) is 2. The first kappa shape index (κ1) is 16.9. The summed E-state index contributed by atoms with van der Waals surface area (Å²) in [6.45, 7) is 2.46. The van der Waals surface area contributed by atoms with Crippen LogP contribution in [0.4, 0.5) is 15.8 Å². The zero-order chi connectivity index (χ0) is 15.8. The summed E-state index contributed by atoms with van der Waals surface area (Å²) >= 11 is 0. The molecule has 0 spiro atoms. The molecule has 0 fully saturated rings. The number of halogens is 1. The first-order chi connectivity index (χ1) is 9.93. The van der Waals surface area contributed by atoms with Crippen LogP contribution >= 0.6 is 0 Å². The Bertz CT molecular complexity index is 508. The molecule has 0 bridgehead atoms. The first-order valence-corrected chi connectivity index (χ1v) is 6.83. The highest BCUT2D eigenvalue weighted by atomic mass is 19.1. The van der Waals surface area contributed by atoms with Gasteiger partial charge in [-0.3, -0.25) is 14.9 Å². The van der Waals surface area contributed by atoms with E-state index in [0.717, 1.165) is 18.6 Å². The minimum absolute atomic E-state index is 0.120. The second-order valence-corrected chi connectivity index (χ2v) is 4.84. The maximum atomic E-state index is 13.0. The molecule has 0 aliphatic rings. The quantitative estimate of drug-likeness (QED) is 0.538. The van der Waals surface area contributed by atoms with E-state index in [1.807, 2.05) is 6.92 Å². The van der Waals surface area contributed by atoms with Crippen molar-refractivity contribution in [2.75, 3.05) is 11.9 Å². The Kier molecular flexibility index (Phi) is 6.58. The second kappa shape index (κ2) is 8.18. The Balaban J connectivity index is 2.55. The third-order valence-corrected chi connectivity index (χ3v) is 3.37. The SMILES string of the molecule is CCC(CCNc1ccc(F)cc1[N+](=O)[O-])CCC(=O)O. The largest absolute Gasteiger partial charge is 0.481 e. The summed E-state index contributed by atoms with van der Waals surface area (Å²) in [6, 6.07) is 3.38. The molecule has 0 amide bonds. The number of nitrogens with one attached hydrogen (secondary N) is 1. The number of nitrogens with zero attached hydrogens (tertiary/aromatic N) is 1. The number of carbonyl (C=O) groups is 1. The Morgan fingerprint density at radius 1 is 1.48 bits per heavy atom. The van der Waals surface area contributed by atoms with Crippen molar-refractivity contribution in [1.82, 2.24) is 0 Å². The van der Waals surface area contributed by atoms with Gasteiger partial charge in [0, 0.05) is 13.0 Å². The topological polar surface area (TPSA) is 92.5 Å². The van der Waals surface area contributed by atoms with E-state index < -0.39 is 16.7 Å². The molecular weight excluding hydrogens is 279 g/mol. The van der Waals surface area contributed by atoms with Crippen LogP contribution in [0.2, 0.25) is 0 Å². The van der Waals surface area contributed by atoms with Crippen molar-refractivity contribution < 1.29 is 19.2 Å². The Morgan fingerprint density at radius 3 is 2.76 bits per heavy atom. The molecule has 116 valence electrons. The van der Waals surface area contributed by atoms with Gasteiger partial charge in [0.1, 0.15) is 11.5 Å². The number of nitro groups is 1. The summed E-state index contributed by atoms with van der Waals surface area (Å²) in [4.78, 5) is 20.7. The van der Waals surface area contributed by atoms with Crippen LogP contribution in [0.1, 0.15) is 32.6 Å². The van der Waals surface area contributed by atoms with Crippen molar-refractivity contribution >= 4 is 17.3 Å². The number of carboxylic acid groups (broad SMARTS) is 1. The van der Waals surface area contributed by atoms with Gasteiger partial charge in [0.15, 0.2) is 0 Å². The summed E-state index contributed by atoms with van der Waals surface area (Å²) in [6.07, 6.45) is 2.26. The molecule has 0 radical (unpaired) electrons. The van der Waals surface area contributed by atoms with E-state index in [4.69, 9.17) is 5.11 Å². The minimum Gasteiger partial charge on any atom is -0.481 e. The van der Waals surface area contributed by atoms with Gasteiger partial charge < -0.3 is 10.4 Å². The fourth-order valence-corrected chi connectivity index (χ4v) is 2.10. The van der Waals surface area contributed by atoms with Crippen molar-refractivity contribution in [2.24, 2.45) is 5.92 Å². The maximum absolute atomic E-state index is 13.0. The van der Waals surface area contributed by atoms with Crippen LogP contribution in [-0.4, -0.2) is 22.5 Å². The van der Waals surface area contributed by atoms with Crippen LogP contribution in [0.5, 0.6) is 0 Å². The van der Waals surface area contributed by atoms with Crippen LogP contribution in [0.15, 0.2) is 18.2 Å². The molecule has 1 unspecified atom stereocenters. The Morgan fingerprint density at radius 2 is 2.19 bits per heavy atom. The van der Waals surface area contributed by atoms with Gasteiger partial charge in [-0.15, -0.1) is 0 Å². The third kappa shape index (κ3) is 5.76. The molecule has 1 aromatic carbocycles. The van der Waals surface area contributed by atoms with Crippen molar-refractivity contribution in [3.05, 3.63) is 34.1 Å². The summed E-state index contributed by atoms with van der Waals surface area (Å²) in [5, 5.41) is 22.4. The highest BCUT2D eigenvalue weighted by Gasteiger charge is 2.15. The summed E-state index contributed by atoms with van der Waals surface area (Å²) < 4.78 is 13.0. The standard InChI is InChI=1S/C14H19FN2O4/c1-2-10(3-6-14(18)19)7-8-16-12-5-4-11(15)9-13(12)17(20)21/h4-5,9-10,16H,2-3,6-8H2,1H3,(H,18,19). The van der Waals surface area contributed by atoms with Crippen molar-refractivity contribution in [3.8, 4) is 0 Å². The first-order valence-electron chi connectivity index (χ1n) is 6.83. The molecule has 0 aliphatic carbocycles. The predicted molar refractivity (Wildman–Crippen MR) is 76.8 cm³/mol. The van der Waals surface area contributed by atoms with Gasteiger partial charge >= 0.3 is 5.97 Å². The number of benzene rings is 1. The van der Waals surface area contributed by atoms with Crippen molar-refractivity contribution in [3.63, 3.8) is 0 Å². The number of aliphatic carboxylic acids is 1. The van der Waals surface area contributed by atoms with E-state index >= 15 is 0 Å². The predicted octanol–water partition coefficient (Wildman–Crippen LogP) is 3.43. The lowest BCUT2D eigenvalue weighted by molar-refractivity contribution is -0.384. The Hall–Kier alpha value is -2.18. The van der Waals surface area contributed by atoms with E-state index in [2.05, 4.69) is 5.32 Å². The van der Waals surface area contributed by atoms with E-state index in [9.17, 15) is 19.3 Å². The molecule has 7 heteroatoms. The molecule has 0 aliphatic heterocycles. The van der Waals surface area contributed by atoms with E-state index in [0.29, 0.717) is 19.4 Å². The molecule has 0 heterocycles. The van der Waals surface area contributed by atoms with Crippen LogP contribution in [0.3, 0.4) is 0 Å². The number of nitro benzene ring substituents is 1. The fourth-order valence-electron chi connectivity index (χ4n) is 2.10. The number of anilines is 1. The van der Waals surface area contributed by atoms with Gasteiger partial charge in [0.05, 0.1) is 11.0 Å². The van der Waals surface area contributed by atoms with Gasteiger partial charge in [-0.25, -0.2) is 4.39 Å². The summed E-state index contributed by atoms with van der Waals surface area (Å²) in [5.41, 5.74) is -0.0249. The van der Waals surface area contributed by atoms with Gasteiger partial charge in [0.25, 0.3) is 5.69 Å². The zero-order valence-corrected chi connectivity index (χ0v) is 11.8. The van der Waals surface area contributed by atoms with Gasteiger partial charge in [-0.1, -0.05) is 13.3 Å². The summed E-state index contributed by atoms with van der Waals surface area (Å²) in [7, 11) is 0. The molecule has 1 aromatic rings. The van der Waals surface area contributed by atoms with Gasteiger partial charge in [-0.05, 0) is 30.9 Å². The van der Waals surface area contributed by atoms with Crippen LogP contribution < -0.4 is 5.32 Å². The molecule has 21 heavy (non-hydrogen) atoms. The molecule has 6 nitrogen and oxygen atoms in total. The average molecular weight is 298 g/mol. The third-order valence-electron chi connectivity index (χ3n) is 3.37. The monoisotopic (exact) mass is 298 g/mol. The smallest absolute Gasteiger partial charge is 0.303 e. The molecular formula is C14H19FN2O4. The Labute approximate surface area is 122 Å². The normalized spacial score (nSPS) is 11.9. The molecule has 0 saturated carbocycles. The van der Waals surface area contributed by atoms with E-state index in [-0.39, 0.29) is 23.7 Å². The van der Waals surface area contributed by atoms with Crippen molar-refractivity contribution in [1.29, 1.82) is 0 Å². The number of carboxylic acids is 1. The second-order valence-electron chi connectivity index (χ2n) is 4.84. The molecule has 0 aromatic heterocycles. The van der Waals surface area contributed by atoms with Crippen LogP contribution in [-0.2, 0) is 4.79 Å². The maximum Gasteiger partial charge on any atom is 0.303 e. The van der Waals surface area contributed by atoms with Crippen LogP contribution in [0, 0.1) is 21.8 Å². The molecule has 1 atom stereocenters. The summed E-state index contributed by atoms with van der Waals surface area (Å²) in [5.74, 6) is -1.23. The van der Waals surface area contributed by atoms with Crippen LogP contribution in [0.25, 0.3) is 0 Å². The molecule has 1 rings (SSSR count). The highest BCUT2D eigenvalue weighted by Crippen LogP contribution is 2.25. The lowest BCUT2D eigenvalue weighted by Crippen LogP contribution is -2.11. The number of rotatable bonds is 9. The van der Waals surface area contributed by atoms with Gasteiger partial charge in [-0.2, -0.15) is 0 Å². The highest BCUT2D eigenvalue weighted by molar-refractivity contribution is 5.66. The molecule has 0 saturated heterocycles. The molecule has 2 N–H and O–H groups in total. The van der Waals surface area contributed by atoms with Gasteiger partial charge in [0.2, 0.25) is 0 Å². The fraction of sp³-hybridized carbons (Fsp3) is 0.500.